The van der Waals surface area contributed by atoms with Gasteiger partial charge in [0.1, 0.15) is 18.5 Å². The fourth-order valence-corrected chi connectivity index (χ4v) is 1.57. The van der Waals surface area contributed by atoms with E-state index in [0.29, 0.717) is 17.3 Å². The highest BCUT2D eigenvalue weighted by atomic mass is 35.5. The van der Waals surface area contributed by atoms with Crippen molar-refractivity contribution in [2.24, 2.45) is 0 Å². The first-order chi connectivity index (χ1) is 8.19. The molecule has 0 radical (unpaired) electrons. The predicted molar refractivity (Wildman–Crippen MR) is 67.4 cm³/mol. The van der Waals surface area contributed by atoms with Gasteiger partial charge in [-0.25, -0.2) is 0 Å². The van der Waals surface area contributed by atoms with Crippen LogP contribution in [0.3, 0.4) is 0 Å². The van der Waals surface area contributed by atoms with Crippen LogP contribution in [-0.4, -0.2) is 36.1 Å². The Balaban J connectivity index is 2.72. The van der Waals surface area contributed by atoms with E-state index in [9.17, 15) is 5.11 Å². The van der Waals surface area contributed by atoms with Crippen molar-refractivity contribution >= 4 is 11.6 Å². The van der Waals surface area contributed by atoms with E-state index in [-0.39, 0.29) is 13.2 Å². The molecular weight excluding hydrogens is 242 g/mol. The van der Waals surface area contributed by atoms with Gasteiger partial charge < -0.3 is 20.3 Å². The Morgan fingerprint density at radius 1 is 1.47 bits per heavy atom. The number of rotatable bonds is 7. The van der Waals surface area contributed by atoms with E-state index < -0.39 is 6.10 Å². The molecule has 1 aromatic rings. The Bertz CT molecular complexity index is 347. The minimum Gasteiger partial charge on any atom is -0.490 e. The highest BCUT2D eigenvalue weighted by molar-refractivity contribution is 6.31. The third kappa shape index (κ3) is 4.52. The lowest BCUT2D eigenvalue weighted by atomic mass is 10.2. The molecule has 5 heteroatoms. The first kappa shape index (κ1) is 14.3. The fraction of sp³-hybridized carbons (Fsp3) is 0.500. The van der Waals surface area contributed by atoms with Crippen molar-refractivity contribution in [3.05, 3.63) is 28.8 Å². The van der Waals surface area contributed by atoms with E-state index in [1.807, 2.05) is 6.92 Å². The molecule has 3 N–H and O–H groups in total. The predicted octanol–water partition coefficient (Wildman–Crippen LogP) is 1.18. The van der Waals surface area contributed by atoms with Gasteiger partial charge in [-0.3, -0.25) is 0 Å². The standard InChI is InChI=1S/C12H18ClNO3/c1-2-14-6-10-11(13)4-3-5-12(10)17-8-9(16)7-15/h3-5,9,14-16H,2,6-8H2,1H3. The van der Waals surface area contributed by atoms with Crippen LogP contribution in [0, 0.1) is 0 Å². The molecule has 0 fully saturated rings. The third-order valence-electron chi connectivity index (χ3n) is 2.27. The molecule has 4 nitrogen and oxygen atoms in total. The third-order valence-corrected chi connectivity index (χ3v) is 2.62. The molecule has 0 aliphatic heterocycles. The number of hydrogen-bond acceptors (Lipinski definition) is 4. The van der Waals surface area contributed by atoms with Crippen LogP contribution in [0.15, 0.2) is 18.2 Å². The summed E-state index contributed by atoms with van der Waals surface area (Å²) in [6, 6.07) is 5.38. The average molecular weight is 260 g/mol. The second kappa shape index (κ2) is 7.50. The number of benzene rings is 1. The van der Waals surface area contributed by atoms with Crippen molar-refractivity contribution in [1.82, 2.24) is 5.32 Å². The Hall–Kier alpha value is -0.810. The molecule has 17 heavy (non-hydrogen) atoms. The molecule has 0 aliphatic rings. The molecule has 0 aliphatic carbocycles. The van der Waals surface area contributed by atoms with Gasteiger partial charge in [-0.2, -0.15) is 0 Å². The number of ether oxygens (including phenoxy) is 1. The summed E-state index contributed by atoms with van der Waals surface area (Å²) in [7, 11) is 0. The summed E-state index contributed by atoms with van der Waals surface area (Å²) in [4.78, 5) is 0. The first-order valence-electron chi connectivity index (χ1n) is 5.58. The Morgan fingerprint density at radius 2 is 2.24 bits per heavy atom. The van der Waals surface area contributed by atoms with Crippen LogP contribution in [0.2, 0.25) is 5.02 Å². The number of hydrogen-bond donors (Lipinski definition) is 3. The largest absolute Gasteiger partial charge is 0.490 e. The smallest absolute Gasteiger partial charge is 0.125 e. The zero-order chi connectivity index (χ0) is 12.7. The van der Waals surface area contributed by atoms with Gasteiger partial charge in [-0.15, -0.1) is 0 Å². The van der Waals surface area contributed by atoms with E-state index in [0.717, 1.165) is 12.1 Å². The summed E-state index contributed by atoms with van der Waals surface area (Å²) in [6.45, 7) is 3.19. The Kier molecular flexibility index (Phi) is 6.29. The topological polar surface area (TPSA) is 61.7 Å². The van der Waals surface area contributed by atoms with E-state index in [1.165, 1.54) is 0 Å². The normalized spacial score (nSPS) is 12.5. The number of halogens is 1. The molecule has 0 saturated heterocycles. The molecule has 0 saturated carbocycles. The summed E-state index contributed by atoms with van der Waals surface area (Å²) in [5, 5.41) is 21.7. The second-order valence-corrected chi connectivity index (χ2v) is 4.05. The van der Waals surface area contributed by atoms with Crippen molar-refractivity contribution in [3.8, 4) is 5.75 Å². The maximum Gasteiger partial charge on any atom is 0.125 e. The van der Waals surface area contributed by atoms with Crippen LogP contribution in [0.25, 0.3) is 0 Å². The molecule has 0 spiro atoms. The van der Waals surface area contributed by atoms with E-state index in [1.54, 1.807) is 18.2 Å². The van der Waals surface area contributed by atoms with Gasteiger partial charge in [0, 0.05) is 17.1 Å². The molecule has 0 amide bonds. The number of aliphatic hydroxyl groups excluding tert-OH is 2. The van der Waals surface area contributed by atoms with Crippen LogP contribution in [0.5, 0.6) is 5.75 Å². The molecular formula is C12H18ClNO3. The van der Waals surface area contributed by atoms with Crippen LogP contribution < -0.4 is 10.1 Å². The molecule has 0 heterocycles. The van der Waals surface area contributed by atoms with E-state index >= 15 is 0 Å². The quantitative estimate of drug-likeness (QED) is 0.688. The summed E-state index contributed by atoms with van der Waals surface area (Å²) in [5.41, 5.74) is 0.862. The van der Waals surface area contributed by atoms with Crippen molar-refractivity contribution in [2.45, 2.75) is 19.6 Å². The summed E-state index contributed by atoms with van der Waals surface area (Å²) >= 11 is 6.08. The maximum atomic E-state index is 9.23. The minimum atomic E-state index is -0.874. The highest BCUT2D eigenvalue weighted by Crippen LogP contribution is 2.26. The van der Waals surface area contributed by atoms with Gasteiger partial charge in [0.05, 0.1) is 6.61 Å². The van der Waals surface area contributed by atoms with Gasteiger partial charge in [0.15, 0.2) is 0 Å². The summed E-state index contributed by atoms with van der Waals surface area (Å²) in [6.07, 6.45) is -0.874. The molecule has 1 rings (SSSR count). The molecule has 1 aromatic carbocycles. The Labute approximate surface area is 106 Å². The molecule has 0 aromatic heterocycles. The summed E-state index contributed by atoms with van der Waals surface area (Å²) in [5.74, 6) is 0.631. The van der Waals surface area contributed by atoms with Crippen molar-refractivity contribution < 1.29 is 14.9 Å². The molecule has 1 atom stereocenters. The van der Waals surface area contributed by atoms with E-state index in [4.69, 9.17) is 21.4 Å². The minimum absolute atomic E-state index is 0.0516. The van der Waals surface area contributed by atoms with Gasteiger partial charge >= 0.3 is 0 Å². The summed E-state index contributed by atoms with van der Waals surface area (Å²) < 4.78 is 5.43. The average Bonchev–Trinajstić information content (AvgIpc) is 2.34. The van der Waals surface area contributed by atoms with Gasteiger partial charge in [-0.1, -0.05) is 24.6 Å². The maximum absolute atomic E-state index is 9.23. The second-order valence-electron chi connectivity index (χ2n) is 3.64. The molecule has 96 valence electrons. The monoisotopic (exact) mass is 259 g/mol. The van der Waals surface area contributed by atoms with Crippen LogP contribution in [0.1, 0.15) is 12.5 Å². The lowest BCUT2D eigenvalue weighted by Crippen LogP contribution is -2.22. The zero-order valence-corrected chi connectivity index (χ0v) is 10.6. The first-order valence-corrected chi connectivity index (χ1v) is 5.96. The SMILES string of the molecule is CCNCc1c(Cl)cccc1OCC(O)CO. The highest BCUT2D eigenvalue weighted by Gasteiger charge is 2.09. The zero-order valence-electron chi connectivity index (χ0n) is 9.82. The van der Waals surface area contributed by atoms with Crippen molar-refractivity contribution in [2.75, 3.05) is 19.8 Å². The van der Waals surface area contributed by atoms with Crippen LogP contribution in [0.4, 0.5) is 0 Å². The van der Waals surface area contributed by atoms with E-state index in [2.05, 4.69) is 5.32 Å². The van der Waals surface area contributed by atoms with Crippen molar-refractivity contribution in [1.29, 1.82) is 0 Å². The van der Waals surface area contributed by atoms with Crippen LogP contribution >= 0.6 is 11.6 Å². The lowest BCUT2D eigenvalue weighted by molar-refractivity contribution is 0.0533. The Morgan fingerprint density at radius 3 is 2.88 bits per heavy atom. The van der Waals surface area contributed by atoms with Crippen LogP contribution in [-0.2, 0) is 6.54 Å². The molecule has 1 unspecified atom stereocenters. The molecule has 0 bridgehead atoms. The van der Waals surface area contributed by atoms with Gasteiger partial charge in [0.25, 0.3) is 0 Å². The van der Waals surface area contributed by atoms with Gasteiger partial charge in [0.2, 0.25) is 0 Å². The lowest BCUT2D eigenvalue weighted by Gasteiger charge is -2.15. The van der Waals surface area contributed by atoms with Gasteiger partial charge in [-0.05, 0) is 18.7 Å². The number of nitrogens with one attached hydrogen (secondary N) is 1. The van der Waals surface area contributed by atoms with Crippen molar-refractivity contribution in [3.63, 3.8) is 0 Å². The fourth-order valence-electron chi connectivity index (χ4n) is 1.33. The number of aliphatic hydroxyl groups is 2.